The van der Waals surface area contributed by atoms with Gasteiger partial charge in [-0.1, -0.05) is 0 Å². The fourth-order valence-corrected chi connectivity index (χ4v) is 1.58. The fraction of sp³-hybridized carbons (Fsp3) is 0.583. The summed E-state index contributed by atoms with van der Waals surface area (Å²) in [6, 6.07) is 1.05. The van der Waals surface area contributed by atoms with Gasteiger partial charge in [0, 0.05) is 38.4 Å². The van der Waals surface area contributed by atoms with Crippen LogP contribution < -0.4 is 16.0 Å². The number of aryl methyl sites for hydroxylation is 1. The number of carbonyl (C=O) groups excluding carboxylic acids is 2. The Hall–Kier alpha value is -1.89. The number of carbonyl (C=O) groups is 2. The van der Waals surface area contributed by atoms with Gasteiger partial charge in [0.1, 0.15) is 0 Å². The lowest BCUT2D eigenvalue weighted by atomic mass is 10.2. The highest BCUT2D eigenvalue weighted by Gasteiger charge is 2.14. The van der Waals surface area contributed by atoms with Crippen LogP contribution in [0.2, 0.25) is 0 Å². The van der Waals surface area contributed by atoms with Crippen molar-refractivity contribution in [3.8, 4) is 0 Å². The van der Waals surface area contributed by atoms with Crippen molar-refractivity contribution in [3.05, 3.63) is 18.0 Å². The Bertz CT molecular complexity index is 430. The van der Waals surface area contributed by atoms with Gasteiger partial charge in [-0.25, -0.2) is 4.79 Å². The van der Waals surface area contributed by atoms with Crippen LogP contribution >= 0.6 is 0 Å². The predicted molar refractivity (Wildman–Crippen MR) is 71.6 cm³/mol. The minimum Gasteiger partial charge on any atom is -0.338 e. The average molecular weight is 267 g/mol. The molecule has 0 spiro atoms. The summed E-state index contributed by atoms with van der Waals surface area (Å²) >= 11 is 0. The van der Waals surface area contributed by atoms with Crippen LogP contribution in [0.3, 0.4) is 0 Å². The topological polar surface area (TPSA) is 88.1 Å². The molecule has 0 radical (unpaired) electrons. The summed E-state index contributed by atoms with van der Waals surface area (Å²) in [5.41, 5.74) is 1.09. The van der Waals surface area contributed by atoms with Crippen molar-refractivity contribution < 1.29 is 9.59 Å². The number of nitrogens with one attached hydrogen (secondary N) is 3. The zero-order valence-corrected chi connectivity index (χ0v) is 11.6. The first-order valence-electron chi connectivity index (χ1n) is 6.33. The van der Waals surface area contributed by atoms with E-state index >= 15 is 0 Å². The number of hydrogen-bond acceptors (Lipinski definition) is 4. The van der Waals surface area contributed by atoms with Gasteiger partial charge in [-0.3, -0.25) is 14.8 Å². The number of nitrogens with zero attached hydrogens (tertiary/aromatic N) is 2. The summed E-state index contributed by atoms with van der Waals surface area (Å²) in [5, 5.41) is 11.9. The second kappa shape index (κ2) is 7.52. The highest BCUT2D eigenvalue weighted by atomic mass is 16.2. The average Bonchev–Trinajstić information content (AvgIpc) is 2.75. The Morgan fingerprint density at radius 2 is 2.21 bits per heavy atom. The molecule has 7 nitrogen and oxygen atoms in total. The molecule has 0 aliphatic rings. The fourth-order valence-electron chi connectivity index (χ4n) is 1.58. The molecule has 0 bridgehead atoms. The van der Waals surface area contributed by atoms with Crippen LogP contribution in [0.15, 0.2) is 12.3 Å². The molecule has 0 aliphatic carbocycles. The van der Waals surface area contributed by atoms with Gasteiger partial charge >= 0.3 is 6.03 Å². The van der Waals surface area contributed by atoms with Crippen LogP contribution in [-0.2, 0) is 18.3 Å². The maximum Gasteiger partial charge on any atom is 0.321 e. The third-order valence-corrected chi connectivity index (χ3v) is 2.72. The molecule has 0 aliphatic heterocycles. The molecular weight excluding hydrogens is 246 g/mol. The van der Waals surface area contributed by atoms with E-state index in [0.717, 1.165) is 12.1 Å². The van der Waals surface area contributed by atoms with Gasteiger partial charge in [-0.2, -0.15) is 5.10 Å². The Kier molecular flexibility index (Phi) is 6.01. The molecule has 0 fully saturated rings. The summed E-state index contributed by atoms with van der Waals surface area (Å²) in [5.74, 6) is -0.337. The van der Waals surface area contributed by atoms with Crippen molar-refractivity contribution >= 4 is 11.9 Å². The maximum atomic E-state index is 11.6. The molecule has 106 valence electrons. The molecule has 0 saturated heterocycles. The van der Waals surface area contributed by atoms with E-state index in [4.69, 9.17) is 0 Å². The number of urea groups is 1. The predicted octanol–water partition coefficient (Wildman–Crippen LogP) is -0.214. The van der Waals surface area contributed by atoms with Crippen molar-refractivity contribution in [2.45, 2.75) is 26.3 Å². The maximum absolute atomic E-state index is 11.6. The third kappa shape index (κ3) is 5.09. The van der Waals surface area contributed by atoms with Crippen LogP contribution in [0.25, 0.3) is 0 Å². The van der Waals surface area contributed by atoms with E-state index in [2.05, 4.69) is 21.0 Å². The van der Waals surface area contributed by atoms with Crippen LogP contribution in [0.4, 0.5) is 4.79 Å². The van der Waals surface area contributed by atoms with Gasteiger partial charge in [0.25, 0.3) is 0 Å². The molecule has 1 atom stereocenters. The highest BCUT2D eigenvalue weighted by Crippen LogP contribution is 1.96. The normalized spacial score (nSPS) is 11.9. The number of aromatic nitrogens is 2. The van der Waals surface area contributed by atoms with Gasteiger partial charge in [0.15, 0.2) is 0 Å². The zero-order chi connectivity index (χ0) is 14.3. The van der Waals surface area contributed by atoms with Crippen molar-refractivity contribution in [2.24, 2.45) is 7.05 Å². The molecule has 19 heavy (non-hydrogen) atoms. The standard InChI is InChI=1S/C12H21N5O2/c1-4-13-12(19)16-11(18)9(2)14-7-5-10-6-8-15-17(10)3/h6,8-9,14H,4-5,7H2,1-3H3,(H2,13,16,18,19). The second-order valence-electron chi connectivity index (χ2n) is 4.22. The van der Waals surface area contributed by atoms with Gasteiger partial charge in [0.2, 0.25) is 5.91 Å². The van der Waals surface area contributed by atoms with Gasteiger partial charge in [-0.05, 0) is 19.9 Å². The number of imide groups is 1. The number of rotatable bonds is 6. The third-order valence-electron chi connectivity index (χ3n) is 2.72. The lowest BCUT2D eigenvalue weighted by molar-refractivity contribution is -0.121. The summed E-state index contributed by atoms with van der Waals surface area (Å²) in [7, 11) is 1.88. The molecule has 1 aromatic heterocycles. The van der Waals surface area contributed by atoms with Crippen LogP contribution in [0.5, 0.6) is 0 Å². The lowest BCUT2D eigenvalue weighted by Crippen LogP contribution is -2.48. The highest BCUT2D eigenvalue weighted by molar-refractivity contribution is 5.96. The first-order valence-corrected chi connectivity index (χ1v) is 6.33. The largest absolute Gasteiger partial charge is 0.338 e. The van der Waals surface area contributed by atoms with Crippen molar-refractivity contribution in [1.29, 1.82) is 0 Å². The molecule has 0 saturated carbocycles. The van der Waals surface area contributed by atoms with Crippen LogP contribution in [0.1, 0.15) is 19.5 Å². The Labute approximate surface area is 112 Å². The van der Waals surface area contributed by atoms with E-state index in [1.165, 1.54) is 0 Å². The van der Waals surface area contributed by atoms with E-state index in [1.54, 1.807) is 24.7 Å². The molecule has 3 N–H and O–H groups in total. The smallest absolute Gasteiger partial charge is 0.321 e. The lowest BCUT2D eigenvalue weighted by Gasteiger charge is -2.13. The molecule has 0 aromatic carbocycles. The minimum atomic E-state index is -0.465. The SMILES string of the molecule is CCNC(=O)NC(=O)C(C)NCCc1ccnn1C. The monoisotopic (exact) mass is 267 g/mol. The summed E-state index contributed by atoms with van der Waals surface area (Å²) in [6.45, 7) is 4.64. The van der Waals surface area contributed by atoms with Gasteiger partial charge < -0.3 is 10.6 Å². The second-order valence-corrected chi connectivity index (χ2v) is 4.22. The van der Waals surface area contributed by atoms with Crippen LogP contribution in [0, 0.1) is 0 Å². The van der Waals surface area contributed by atoms with Crippen molar-refractivity contribution in [1.82, 2.24) is 25.7 Å². The van der Waals surface area contributed by atoms with Crippen LogP contribution in [-0.4, -0.2) is 40.9 Å². The molecule has 1 aromatic rings. The van der Waals surface area contributed by atoms with Crippen molar-refractivity contribution in [2.75, 3.05) is 13.1 Å². The summed E-state index contributed by atoms with van der Waals surface area (Å²) < 4.78 is 1.79. The molecule has 1 rings (SSSR count). The molecule has 7 heteroatoms. The Balaban J connectivity index is 2.27. The molecule has 1 heterocycles. The van der Waals surface area contributed by atoms with Crippen molar-refractivity contribution in [3.63, 3.8) is 0 Å². The van der Waals surface area contributed by atoms with E-state index in [-0.39, 0.29) is 5.91 Å². The minimum absolute atomic E-state index is 0.337. The van der Waals surface area contributed by atoms with Gasteiger partial charge in [-0.15, -0.1) is 0 Å². The number of amides is 3. The Morgan fingerprint density at radius 3 is 2.79 bits per heavy atom. The quantitative estimate of drug-likeness (QED) is 0.665. The number of hydrogen-bond donors (Lipinski definition) is 3. The first-order chi connectivity index (χ1) is 9.04. The molecular formula is C12H21N5O2. The van der Waals surface area contributed by atoms with Gasteiger partial charge in [0.05, 0.1) is 6.04 Å². The van der Waals surface area contributed by atoms with E-state index in [0.29, 0.717) is 13.1 Å². The Morgan fingerprint density at radius 1 is 1.47 bits per heavy atom. The summed E-state index contributed by atoms with van der Waals surface area (Å²) in [4.78, 5) is 22.8. The summed E-state index contributed by atoms with van der Waals surface area (Å²) in [6.07, 6.45) is 2.51. The zero-order valence-electron chi connectivity index (χ0n) is 11.6. The van der Waals surface area contributed by atoms with E-state index in [9.17, 15) is 9.59 Å². The molecule has 1 unspecified atom stereocenters. The molecule has 3 amide bonds. The van der Waals surface area contributed by atoms with E-state index in [1.807, 2.05) is 13.1 Å². The van der Waals surface area contributed by atoms with E-state index < -0.39 is 12.1 Å². The first kappa shape index (κ1) is 15.2.